The summed E-state index contributed by atoms with van der Waals surface area (Å²) in [5.41, 5.74) is 3.76. The van der Waals surface area contributed by atoms with Gasteiger partial charge in [0.2, 0.25) is 6.41 Å². The van der Waals surface area contributed by atoms with Crippen molar-refractivity contribution in [3.8, 4) is 11.3 Å². The lowest BCUT2D eigenvalue weighted by Crippen LogP contribution is -2.49. The Morgan fingerprint density at radius 2 is 1.66 bits per heavy atom. The van der Waals surface area contributed by atoms with Crippen molar-refractivity contribution in [1.82, 2.24) is 14.8 Å². The molecule has 0 aliphatic carbocycles. The van der Waals surface area contributed by atoms with E-state index in [0.29, 0.717) is 0 Å². The highest BCUT2D eigenvalue weighted by Gasteiger charge is 2.40. The number of piperidine rings is 1. The molecule has 0 spiro atoms. The van der Waals surface area contributed by atoms with Crippen LogP contribution >= 0.6 is 0 Å². The molecule has 2 aliphatic rings. The second kappa shape index (κ2) is 7.07. The normalized spacial score (nSPS) is 23.3. The van der Waals surface area contributed by atoms with Crippen molar-refractivity contribution in [1.29, 1.82) is 0 Å². The monoisotopic (exact) mass is 387 g/mol. The molecule has 1 unspecified atom stereocenters. The lowest BCUT2D eigenvalue weighted by Gasteiger charge is -2.36. The Hall–Kier alpha value is -3.08. The van der Waals surface area contributed by atoms with Crippen LogP contribution in [-0.2, 0) is 11.8 Å². The number of carbonyl (C=O) groups is 2. The lowest BCUT2D eigenvalue weighted by molar-refractivity contribution is -0.122. The van der Waals surface area contributed by atoms with Gasteiger partial charge in [0.15, 0.2) is 0 Å². The maximum atomic E-state index is 13.5. The first kappa shape index (κ1) is 18.0. The average molecular weight is 387 g/mol. The summed E-state index contributed by atoms with van der Waals surface area (Å²) in [6.45, 7) is 0. The van der Waals surface area contributed by atoms with Crippen molar-refractivity contribution >= 4 is 23.2 Å². The topological polar surface area (TPSA) is 54.3 Å². The van der Waals surface area contributed by atoms with E-state index in [2.05, 4.69) is 16.0 Å². The van der Waals surface area contributed by atoms with E-state index >= 15 is 0 Å². The minimum Gasteiger partial charge on any atom is -0.349 e. The van der Waals surface area contributed by atoms with Crippen molar-refractivity contribution in [3.05, 3.63) is 60.2 Å². The average Bonchev–Trinajstić information content (AvgIpc) is 3.19. The summed E-state index contributed by atoms with van der Waals surface area (Å²) in [7, 11) is 2.02. The molecule has 0 radical (unpaired) electrons. The van der Waals surface area contributed by atoms with E-state index in [4.69, 9.17) is 0 Å². The van der Waals surface area contributed by atoms with Crippen molar-refractivity contribution in [3.63, 3.8) is 0 Å². The maximum absolute atomic E-state index is 13.5. The van der Waals surface area contributed by atoms with Crippen LogP contribution in [0.4, 0.5) is 0 Å². The number of nitrogens with zero attached hydrogens (tertiary/aromatic N) is 2. The van der Waals surface area contributed by atoms with Gasteiger partial charge in [-0.2, -0.15) is 0 Å². The molecule has 2 amide bonds. The molecule has 2 fully saturated rings. The van der Waals surface area contributed by atoms with Crippen LogP contribution in [0.2, 0.25) is 0 Å². The summed E-state index contributed by atoms with van der Waals surface area (Å²) in [5, 5.41) is 4.27. The lowest BCUT2D eigenvalue weighted by atomic mass is 9.97. The SMILES string of the molecule is Cn1c(-c2ccccc2)c(C(=O)NC2C[C@H]3CC[C@@H](C2)N3C=O)c2ccccc21. The molecule has 5 nitrogen and oxygen atoms in total. The molecule has 1 N–H and O–H groups in total. The Morgan fingerprint density at radius 1 is 1.00 bits per heavy atom. The highest BCUT2D eigenvalue weighted by Crippen LogP contribution is 2.36. The van der Waals surface area contributed by atoms with Gasteiger partial charge in [0.05, 0.1) is 11.3 Å². The third-order valence-electron chi connectivity index (χ3n) is 6.63. The highest BCUT2D eigenvalue weighted by molar-refractivity contribution is 6.12. The molecular formula is C24H25N3O2. The number of amides is 2. The molecule has 5 heteroatoms. The molecule has 2 bridgehead atoms. The Bertz CT molecular complexity index is 1060. The molecule has 3 heterocycles. The predicted molar refractivity (Wildman–Crippen MR) is 114 cm³/mol. The highest BCUT2D eigenvalue weighted by atomic mass is 16.2. The second-order valence-corrected chi connectivity index (χ2v) is 8.25. The largest absolute Gasteiger partial charge is 0.349 e. The number of benzene rings is 2. The fourth-order valence-corrected chi connectivity index (χ4v) is 5.32. The Labute approximate surface area is 170 Å². The molecule has 29 heavy (non-hydrogen) atoms. The van der Waals surface area contributed by atoms with Crippen molar-refractivity contribution < 1.29 is 9.59 Å². The van der Waals surface area contributed by atoms with Crippen LogP contribution in [0.1, 0.15) is 36.0 Å². The van der Waals surface area contributed by atoms with E-state index < -0.39 is 0 Å². The molecule has 5 rings (SSSR count). The summed E-state index contributed by atoms with van der Waals surface area (Å²) in [6, 6.07) is 18.8. The molecule has 3 atom stereocenters. The minimum absolute atomic E-state index is 0.0235. The summed E-state index contributed by atoms with van der Waals surface area (Å²) in [5.74, 6) is -0.0235. The summed E-state index contributed by atoms with van der Waals surface area (Å²) < 4.78 is 2.11. The second-order valence-electron chi connectivity index (χ2n) is 8.25. The first-order valence-electron chi connectivity index (χ1n) is 10.3. The number of carbonyl (C=O) groups excluding carboxylic acids is 2. The molecule has 2 aliphatic heterocycles. The van der Waals surface area contributed by atoms with Crippen LogP contribution in [0.5, 0.6) is 0 Å². The number of hydrogen-bond donors (Lipinski definition) is 1. The first-order chi connectivity index (χ1) is 14.2. The number of nitrogens with one attached hydrogen (secondary N) is 1. The van der Waals surface area contributed by atoms with E-state index in [-0.39, 0.29) is 24.0 Å². The van der Waals surface area contributed by atoms with Gasteiger partial charge in [-0.15, -0.1) is 0 Å². The van der Waals surface area contributed by atoms with E-state index in [1.807, 2.05) is 60.5 Å². The molecule has 2 aromatic carbocycles. The first-order valence-corrected chi connectivity index (χ1v) is 10.3. The van der Waals surface area contributed by atoms with Gasteiger partial charge in [-0.25, -0.2) is 0 Å². The van der Waals surface area contributed by atoms with Crippen LogP contribution in [0, 0.1) is 0 Å². The molecule has 148 valence electrons. The molecular weight excluding hydrogens is 362 g/mol. The van der Waals surface area contributed by atoms with Crippen LogP contribution < -0.4 is 5.32 Å². The maximum Gasteiger partial charge on any atom is 0.254 e. The van der Waals surface area contributed by atoms with Gasteiger partial charge in [0.25, 0.3) is 5.91 Å². The van der Waals surface area contributed by atoms with E-state index in [0.717, 1.165) is 59.8 Å². The van der Waals surface area contributed by atoms with E-state index in [9.17, 15) is 9.59 Å². The Kier molecular flexibility index (Phi) is 4.38. The van der Waals surface area contributed by atoms with Crippen LogP contribution in [-0.4, -0.2) is 39.9 Å². The quantitative estimate of drug-likeness (QED) is 0.694. The van der Waals surface area contributed by atoms with E-state index in [1.165, 1.54) is 0 Å². The van der Waals surface area contributed by atoms with Gasteiger partial charge in [-0.05, 0) is 37.3 Å². The van der Waals surface area contributed by atoms with Crippen molar-refractivity contribution in [2.75, 3.05) is 0 Å². The van der Waals surface area contributed by atoms with Crippen LogP contribution in [0.25, 0.3) is 22.2 Å². The summed E-state index contributed by atoms with van der Waals surface area (Å²) in [4.78, 5) is 26.8. The van der Waals surface area contributed by atoms with Crippen LogP contribution in [0.15, 0.2) is 54.6 Å². The Morgan fingerprint density at radius 3 is 2.34 bits per heavy atom. The van der Waals surface area contributed by atoms with Crippen molar-refractivity contribution in [2.24, 2.45) is 7.05 Å². The van der Waals surface area contributed by atoms with Crippen molar-refractivity contribution in [2.45, 2.75) is 43.8 Å². The smallest absolute Gasteiger partial charge is 0.254 e. The van der Waals surface area contributed by atoms with Crippen LogP contribution in [0.3, 0.4) is 0 Å². The fourth-order valence-electron chi connectivity index (χ4n) is 5.32. The molecule has 2 saturated heterocycles. The zero-order valence-corrected chi connectivity index (χ0v) is 16.5. The zero-order valence-electron chi connectivity index (χ0n) is 16.5. The fraction of sp³-hybridized carbons (Fsp3) is 0.333. The minimum atomic E-state index is -0.0235. The number of para-hydroxylation sites is 1. The van der Waals surface area contributed by atoms with Gasteiger partial charge in [0, 0.05) is 36.1 Å². The summed E-state index contributed by atoms with van der Waals surface area (Å²) >= 11 is 0. The van der Waals surface area contributed by atoms with Gasteiger partial charge >= 0.3 is 0 Å². The molecule has 0 saturated carbocycles. The third-order valence-corrected chi connectivity index (χ3v) is 6.63. The zero-order chi connectivity index (χ0) is 20.0. The number of aryl methyl sites for hydroxylation is 1. The number of rotatable bonds is 4. The van der Waals surface area contributed by atoms with Gasteiger partial charge in [0.1, 0.15) is 0 Å². The number of fused-ring (bicyclic) bond motifs is 3. The molecule has 1 aromatic heterocycles. The molecule has 3 aromatic rings. The van der Waals surface area contributed by atoms with Gasteiger partial charge in [-0.1, -0.05) is 48.5 Å². The standard InChI is InChI=1S/C24H25N3O2/c1-26-21-10-6-5-9-20(21)22(23(26)16-7-3-2-4-8-16)24(29)25-17-13-18-11-12-19(14-17)27(18)15-28/h2-10,15,17-19H,11-14H2,1H3,(H,25,29)/t17?,18-,19+. The summed E-state index contributed by atoms with van der Waals surface area (Å²) in [6.07, 6.45) is 4.75. The van der Waals surface area contributed by atoms with Gasteiger partial charge in [-0.3, -0.25) is 9.59 Å². The predicted octanol–water partition coefficient (Wildman–Crippen LogP) is 3.73. The number of hydrogen-bond acceptors (Lipinski definition) is 2. The Balaban J connectivity index is 1.51. The third kappa shape index (κ3) is 2.92. The van der Waals surface area contributed by atoms with Gasteiger partial charge < -0.3 is 14.8 Å². The number of aromatic nitrogens is 1. The van der Waals surface area contributed by atoms with E-state index in [1.54, 1.807) is 0 Å².